The fourth-order valence-corrected chi connectivity index (χ4v) is 0.784. The van der Waals surface area contributed by atoms with E-state index < -0.39 is 13.1 Å². The molecule has 0 aliphatic heterocycles. The van der Waals surface area contributed by atoms with E-state index in [1.807, 2.05) is 0 Å². The third-order valence-electron chi connectivity index (χ3n) is 0.731. The molecule has 78 valence electrons. The molecule has 0 saturated heterocycles. The highest BCUT2D eigenvalue weighted by Crippen LogP contribution is 2.37. The van der Waals surface area contributed by atoms with Crippen molar-refractivity contribution in [2.75, 3.05) is 0 Å². The topological polar surface area (TPSA) is 12.4 Å². The van der Waals surface area contributed by atoms with Gasteiger partial charge in [-0.05, 0) is 0 Å². The van der Waals surface area contributed by atoms with Crippen molar-refractivity contribution < 1.29 is 0 Å². The molecule has 0 fully saturated rings. The van der Waals surface area contributed by atoms with Gasteiger partial charge >= 0.3 is 0 Å². The van der Waals surface area contributed by atoms with Crippen LogP contribution in [-0.4, -0.2) is 18.3 Å². The van der Waals surface area contributed by atoms with Gasteiger partial charge < -0.3 is 0 Å². The molecule has 0 N–H and O–H groups in total. The van der Waals surface area contributed by atoms with Gasteiger partial charge in [0.25, 0.3) is 0 Å². The van der Waals surface area contributed by atoms with Gasteiger partial charge in [-0.2, -0.15) is 0 Å². The second-order valence-corrected chi connectivity index (χ2v) is 7.22. The summed E-state index contributed by atoms with van der Waals surface area (Å²) in [7, 11) is 0. The van der Waals surface area contributed by atoms with Gasteiger partial charge in [0, 0.05) is 0 Å². The quantitative estimate of drug-likeness (QED) is 0.363. The standard InChI is InChI=1S/C4HCl8N/c5-1(3(7,8)9)13-2(6)4(10,11)12/h1H/b13-2-. The fraction of sp³-hybridized carbons (Fsp3) is 0.750. The summed E-state index contributed by atoms with van der Waals surface area (Å²) in [6.45, 7) is 0. The van der Waals surface area contributed by atoms with Gasteiger partial charge in [0.05, 0.1) is 0 Å². The zero-order valence-corrected chi connectivity index (χ0v) is 11.6. The number of aliphatic imine (C=N–C) groups is 1. The Hall–Kier alpha value is 1.99. The Bertz CT molecular complexity index is 199. The zero-order chi connectivity index (χ0) is 10.9. The van der Waals surface area contributed by atoms with Crippen molar-refractivity contribution in [1.29, 1.82) is 0 Å². The van der Waals surface area contributed by atoms with Crippen molar-refractivity contribution in [3.63, 3.8) is 0 Å². The third-order valence-corrected chi connectivity index (χ3v) is 3.32. The van der Waals surface area contributed by atoms with Crippen LogP contribution >= 0.6 is 92.8 Å². The molecule has 0 bridgehead atoms. The number of hydrogen-bond acceptors (Lipinski definition) is 1. The lowest BCUT2D eigenvalue weighted by molar-refractivity contribution is 0.934. The first-order valence-electron chi connectivity index (χ1n) is 2.56. The molecular weight excluding hydrogens is 346 g/mol. The Morgan fingerprint density at radius 2 is 1.38 bits per heavy atom. The van der Waals surface area contributed by atoms with Crippen LogP contribution in [-0.2, 0) is 0 Å². The van der Waals surface area contributed by atoms with Crippen LogP contribution in [0.1, 0.15) is 0 Å². The lowest BCUT2D eigenvalue weighted by Crippen LogP contribution is -2.22. The number of rotatable bonds is 1. The van der Waals surface area contributed by atoms with E-state index in [1.165, 1.54) is 0 Å². The second kappa shape index (κ2) is 5.36. The Balaban J connectivity index is 4.59. The first kappa shape index (κ1) is 15.0. The van der Waals surface area contributed by atoms with Gasteiger partial charge in [-0.3, -0.25) is 0 Å². The molecule has 0 aromatic carbocycles. The molecule has 0 aliphatic carbocycles. The average Bonchev–Trinajstić information content (AvgIpc) is 1.82. The van der Waals surface area contributed by atoms with E-state index in [0.29, 0.717) is 0 Å². The van der Waals surface area contributed by atoms with E-state index >= 15 is 0 Å². The maximum Gasteiger partial charge on any atom is 0.242 e. The minimum absolute atomic E-state index is 0.371. The van der Waals surface area contributed by atoms with Gasteiger partial charge in [0.15, 0.2) is 10.7 Å². The summed E-state index contributed by atoms with van der Waals surface area (Å²) in [5, 5.41) is -0.371. The van der Waals surface area contributed by atoms with E-state index in [1.54, 1.807) is 0 Å². The number of halogens is 8. The first-order chi connectivity index (χ1) is 5.55. The molecule has 0 heterocycles. The van der Waals surface area contributed by atoms with Gasteiger partial charge in [0.2, 0.25) is 7.59 Å². The van der Waals surface area contributed by atoms with Crippen LogP contribution in [0.3, 0.4) is 0 Å². The van der Waals surface area contributed by atoms with Crippen molar-refractivity contribution >= 4 is 98.0 Å². The summed E-state index contributed by atoms with van der Waals surface area (Å²) >= 11 is 43.2. The lowest BCUT2D eigenvalue weighted by atomic mass is 10.7. The van der Waals surface area contributed by atoms with E-state index in [9.17, 15) is 0 Å². The number of alkyl halides is 7. The molecule has 0 saturated carbocycles. The van der Waals surface area contributed by atoms with Crippen molar-refractivity contribution in [1.82, 2.24) is 0 Å². The molecule has 13 heavy (non-hydrogen) atoms. The second-order valence-electron chi connectivity index (χ2n) is 1.80. The molecule has 0 rings (SSSR count). The molecule has 0 aromatic heterocycles. The zero-order valence-electron chi connectivity index (χ0n) is 5.55. The monoisotopic (exact) mass is 343 g/mol. The third kappa shape index (κ3) is 6.21. The molecule has 1 atom stereocenters. The summed E-state index contributed by atoms with van der Waals surface area (Å²) in [6.07, 6.45) is 0. The summed E-state index contributed by atoms with van der Waals surface area (Å²) in [5.41, 5.74) is -1.22. The van der Waals surface area contributed by atoms with Crippen LogP contribution in [0.4, 0.5) is 0 Å². The molecule has 1 nitrogen and oxygen atoms in total. The van der Waals surface area contributed by atoms with Gasteiger partial charge in [-0.25, -0.2) is 4.99 Å². The molecular formula is C4HCl8N. The predicted molar refractivity (Wildman–Crippen MR) is 63.5 cm³/mol. The number of hydrogen-bond donors (Lipinski definition) is 0. The average molecular weight is 347 g/mol. The molecule has 0 amide bonds. The Kier molecular flexibility index (Phi) is 6.18. The van der Waals surface area contributed by atoms with Crippen LogP contribution in [0.15, 0.2) is 4.99 Å². The van der Waals surface area contributed by atoms with Crippen LogP contribution in [0.25, 0.3) is 0 Å². The van der Waals surface area contributed by atoms with Crippen LogP contribution < -0.4 is 0 Å². The van der Waals surface area contributed by atoms with E-state index in [4.69, 9.17) is 92.8 Å². The highest BCUT2D eigenvalue weighted by Gasteiger charge is 2.34. The van der Waals surface area contributed by atoms with Crippen LogP contribution in [0, 0.1) is 0 Å². The molecule has 0 radical (unpaired) electrons. The molecule has 0 aliphatic rings. The molecule has 1 unspecified atom stereocenters. The first-order valence-corrected chi connectivity index (χ1v) is 5.64. The highest BCUT2D eigenvalue weighted by molar-refractivity contribution is 6.89. The van der Waals surface area contributed by atoms with Crippen molar-refractivity contribution in [2.45, 2.75) is 13.1 Å². The van der Waals surface area contributed by atoms with E-state index in [0.717, 1.165) is 0 Å². The molecule has 0 spiro atoms. The van der Waals surface area contributed by atoms with Gasteiger partial charge in [-0.15, -0.1) is 0 Å². The smallest absolute Gasteiger partial charge is 0.242 e. The summed E-state index contributed by atoms with van der Waals surface area (Å²) in [5.74, 6) is 0. The van der Waals surface area contributed by atoms with Crippen molar-refractivity contribution in [2.24, 2.45) is 4.99 Å². The summed E-state index contributed by atoms with van der Waals surface area (Å²) in [6, 6.07) is 0. The normalized spacial score (nSPS) is 17.4. The van der Waals surface area contributed by atoms with Crippen molar-refractivity contribution in [3.05, 3.63) is 0 Å². The lowest BCUT2D eigenvalue weighted by Gasteiger charge is -2.16. The van der Waals surface area contributed by atoms with Crippen molar-refractivity contribution in [3.8, 4) is 0 Å². The van der Waals surface area contributed by atoms with E-state index in [2.05, 4.69) is 4.99 Å². The fourth-order valence-electron chi connectivity index (χ4n) is 0.246. The van der Waals surface area contributed by atoms with Gasteiger partial charge in [0.1, 0.15) is 0 Å². The predicted octanol–water partition coefficient (Wildman–Crippen LogP) is 4.93. The number of nitrogens with zero attached hydrogens (tertiary/aromatic N) is 1. The summed E-state index contributed by atoms with van der Waals surface area (Å²) < 4.78 is -3.68. The Labute approximate surface area is 115 Å². The largest absolute Gasteiger partial charge is 0.249 e. The SMILES string of the molecule is Cl/C(=N\C(Cl)C(Cl)(Cl)Cl)C(Cl)(Cl)Cl. The Morgan fingerprint density at radius 1 is 1.00 bits per heavy atom. The molecule has 9 heteroatoms. The van der Waals surface area contributed by atoms with Gasteiger partial charge in [-0.1, -0.05) is 92.8 Å². The molecule has 0 aromatic rings. The van der Waals surface area contributed by atoms with Crippen LogP contribution in [0.5, 0.6) is 0 Å². The van der Waals surface area contributed by atoms with E-state index in [-0.39, 0.29) is 5.17 Å². The maximum atomic E-state index is 5.51. The Morgan fingerprint density at radius 3 is 1.62 bits per heavy atom. The minimum atomic E-state index is -1.87. The highest BCUT2D eigenvalue weighted by atomic mass is 35.6. The summed E-state index contributed by atoms with van der Waals surface area (Å²) in [4.78, 5) is 3.48. The minimum Gasteiger partial charge on any atom is -0.249 e. The van der Waals surface area contributed by atoms with Crippen LogP contribution in [0.2, 0.25) is 0 Å². The maximum absolute atomic E-state index is 5.51.